The van der Waals surface area contributed by atoms with E-state index in [0.717, 1.165) is 35.4 Å². The third kappa shape index (κ3) is 4.95. The Bertz CT molecular complexity index is 1070. The molecule has 1 aliphatic carbocycles. The molecule has 0 heterocycles. The maximum absolute atomic E-state index is 13.1. The number of rotatable bonds is 8. The number of benzene rings is 2. The van der Waals surface area contributed by atoms with Crippen molar-refractivity contribution < 1.29 is 22.7 Å². The van der Waals surface area contributed by atoms with Gasteiger partial charge < -0.3 is 14.8 Å². The molecule has 31 heavy (non-hydrogen) atoms. The summed E-state index contributed by atoms with van der Waals surface area (Å²) in [5, 5.41) is 2.96. The van der Waals surface area contributed by atoms with E-state index in [9.17, 15) is 13.2 Å². The molecular weight excluding hydrogens is 416 g/mol. The minimum atomic E-state index is -3.79. The van der Waals surface area contributed by atoms with E-state index in [1.54, 1.807) is 25.1 Å². The Morgan fingerprint density at radius 3 is 2.39 bits per heavy atom. The number of methoxy groups -OCH3 is 2. The number of nitrogens with zero attached hydrogens (tertiary/aromatic N) is 1. The standard InChI is InChI=1S/C23H30N2O5S/c1-15(18-10-9-17-7-6-8-19(17)13-18)24-23(26)16(2)25(31(5,27)28)21-14-20(29-3)11-12-22(21)30-4/h9-16H,6-8H2,1-5H3,(H,24,26)/t15-,16+/m1/s1. The highest BCUT2D eigenvalue weighted by atomic mass is 32.2. The van der Waals surface area contributed by atoms with Gasteiger partial charge in [0.15, 0.2) is 0 Å². The largest absolute Gasteiger partial charge is 0.497 e. The molecule has 7 nitrogen and oxygen atoms in total. The molecule has 1 aliphatic rings. The van der Waals surface area contributed by atoms with Crippen molar-refractivity contribution in [1.29, 1.82) is 0 Å². The monoisotopic (exact) mass is 446 g/mol. The molecule has 2 aromatic rings. The molecule has 0 saturated carbocycles. The zero-order valence-corrected chi connectivity index (χ0v) is 19.5. The Morgan fingerprint density at radius 1 is 1.03 bits per heavy atom. The van der Waals surface area contributed by atoms with Gasteiger partial charge in [-0.3, -0.25) is 9.10 Å². The van der Waals surface area contributed by atoms with Gasteiger partial charge in [-0.1, -0.05) is 18.2 Å². The first-order valence-corrected chi connectivity index (χ1v) is 12.1. The third-order valence-corrected chi connectivity index (χ3v) is 6.92. The number of sulfonamides is 1. The molecule has 0 radical (unpaired) electrons. The predicted molar refractivity (Wildman–Crippen MR) is 121 cm³/mol. The van der Waals surface area contributed by atoms with Gasteiger partial charge in [0.25, 0.3) is 0 Å². The van der Waals surface area contributed by atoms with Crippen LogP contribution < -0.4 is 19.1 Å². The summed E-state index contributed by atoms with van der Waals surface area (Å²) >= 11 is 0. The van der Waals surface area contributed by atoms with Gasteiger partial charge in [0.05, 0.1) is 32.2 Å². The molecule has 1 N–H and O–H groups in total. The minimum Gasteiger partial charge on any atom is -0.497 e. The number of hydrogen-bond donors (Lipinski definition) is 1. The number of nitrogens with one attached hydrogen (secondary N) is 1. The fraction of sp³-hybridized carbons (Fsp3) is 0.435. The van der Waals surface area contributed by atoms with E-state index in [0.29, 0.717) is 11.5 Å². The van der Waals surface area contributed by atoms with Crippen molar-refractivity contribution in [1.82, 2.24) is 5.32 Å². The Morgan fingerprint density at radius 2 is 1.74 bits per heavy atom. The van der Waals surface area contributed by atoms with Crippen LogP contribution in [0.5, 0.6) is 11.5 Å². The summed E-state index contributed by atoms with van der Waals surface area (Å²) in [5.41, 5.74) is 3.94. The maximum atomic E-state index is 13.1. The van der Waals surface area contributed by atoms with Crippen LogP contribution >= 0.6 is 0 Å². The molecular formula is C23H30N2O5S. The summed E-state index contributed by atoms with van der Waals surface area (Å²) in [7, 11) is -0.850. The molecule has 2 aromatic carbocycles. The average molecular weight is 447 g/mol. The van der Waals surface area contributed by atoms with E-state index in [1.165, 1.54) is 25.3 Å². The van der Waals surface area contributed by atoms with Crippen LogP contribution in [0.2, 0.25) is 0 Å². The fourth-order valence-corrected chi connectivity index (χ4v) is 5.20. The second kappa shape index (κ2) is 9.18. The van der Waals surface area contributed by atoms with Crippen molar-refractivity contribution in [2.75, 3.05) is 24.8 Å². The van der Waals surface area contributed by atoms with E-state index in [-0.39, 0.29) is 11.7 Å². The SMILES string of the molecule is COc1ccc(OC)c(N([C@@H](C)C(=O)N[C@H](C)c2ccc3c(c2)CCC3)S(C)(=O)=O)c1. The minimum absolute atomic E-state index is 0.247. The lowest BCUT2D eigenvalue weighted by atomic mass is 10.0. The summed E-state index contributed by atoms with van der Waals surface area (Å²) in [5.74, 6) is 0.393. The molecule has 0 fully saturated rings. The smallest absolute Gasteiger partial charge is 0.244 e. The van der Waals surface area contributed by atoms with Crippen LogP contribution in [0.15, 0.2) is 36.4 Å². The van der Waals surface area contributed by atoms with Gasteiger partial charge in [0.2, 0.25) is 15.9 Å². The Labute approximate surface area is 184 Å². The summed E-state index contributed by atoms with van der Waals surface area (Å²) < 4.78 is 37.0. The molecule has 0 bridgehead atoms. The molecule has 0 aromatic heterocycles. The van der Waals surface area contributed by atoms with Crippen LogP contribution in [-0.2, 0) is 27.7 Å². The number of ether oxygens (including phenoxy) is 2. The van der Waals surface area contributed by atoms with E-state index in [4.69, 9.17) is 9.47 Å². The lowest BCUT2D eigenvalue weighted by Crippen LogP contribution is -2.48. The number of anilines is 1. The number of carbonyl (C=O) groups excluding carboxylic acids is 1. The molecule has 1 amide bonds. The van der Waals surface area contributed by atoms with Gasteiger partial charge in [-0.25, -0.2) is 8.42 Å². The van der Waals surface area contributed by atoms with Crippen LogP contribution in [-0.4, -0.2) is 40.8 Å². The number of hydrogen-bond acceptors (Lipinski definition) is 5. The Hall–Kier alpha value is -2.74. The second-order valence-corrected chi connectivity index (χ2v) is 9.74. The van der Waals surface area contributed by atoms with Crippen LogP contribution in [0, 0.1) is 0 Å². The van der Waals surface area contributed by atoms with Crippen molar-refractivity contribution in [3.63, 3.8) is 0 Å². The topological polar surface area (TPSA) is 84.9 Å². The van der Waals surface area contributed by atoms with Crippen molar-refractivity contribution in [2.24, 2.45) is 0 Å². The lowest BCUT2D eigenvalue weighted by Gasteiger charge is -2.30. The number of fused-ring (bicyclic) bond motifs is 1. The van der Waals surface area contributed by atoms with Crippen LogP contribution in [0.4, 0.5) is 5.69 Å². The quantitative estimate of drug-likeness (QED) is 0.673. The van der Waals surface area contributed by atoms with E-state index < -0.39 is 22.0 Å². The highest BCUT2D eigenvalue weighted by Gasteiger charge is 2.32. The Kier molecular flexibility index (Phi) is 6.79. The van der Waals surface area contributed by atoms with E-state index in [2.05, 4.69) is 17.4 Å². The number of aryl methyl sites for hydroxylation is 2. The second-order valence-electron chi connectivity index (χ2n) is 7.88. The summed E-state index contributed by atoms with van der Waals surface area (Å²) in [4.78, 5) is 13.1. The summed E-state index contributed by atoms with van der Waals surface area (Å²) in [6.45, 7) is 3.46. The van der Waals surface area contributed by atoms with Crippen molar-refractivity contribution in [3.8, 4) is 11.5 Å². The summed E-state index contributed by atoms with van der Waals surface area (Å²) in [6, 6.07) is 9.87. The first-order valence-electron chi connectivity index (χ1n) is 10.3. The average Bonchev–Trinajstić information content (AvgIpc) is 3.20. The summed E-state index contributed by atoms with van der Waals surface area (Å²) in [6.07, 6.45) is 4.37. The molecule has 3 rings (SSSR count). The van der Waals surface area contributed by atoms with Gasteiger partial charge in [-0.15, -0.1) is 0 Å². The van der Waals surface area contributed by atoms with Crippen LogP contribution in [0.25, 0.3) is 0 Å². The zero-order valence-electron chi connectivity index (χ0n) is 18.6. The molecule has 0 spiro atoms. The number of amides is 1. The normalized spacial score (nSPS) is 15.0. The Balaban J connectivity index is 1.87. The van der Waals surface area contributed by atoms with E-state index in [1.807, 2.05) is 13.0 Å². The predicted octanol–water partition coefficient (Wildman–Crippen LogP) is 3.22. The zero-order chi connectivity index (χ0) is 22.8. The first kappa shape index (κ1) is 22.9. The molecule has 8 heteroatoms. The van der Waals surface area contributed by atoms with Crippen LogP contribution in [0.1, 0.15) is 43.0 Å². The van der Waals surface area contributed by atoms with Crippen molar-refractivity contribution in [3.05, 3.63) is 53.1 Å². The van der Waals surface area contributed by atoms with Crippen molar-refractivity contribution >= 4 is 21.6 Å². The molecule has 2 atom stereocenters. The fourth-order valence-electron chi connectivity index (χ4n) is 4.03. The van der Waals surface area contributed by atoms with Gasteiger partial charge in [-0.2, -0.15) is 0 Å². The third-order valence-electron chi connectivity index (χ3n) is 5.69. The highest BCUT2D eigenvalue weighted by molar-refractivity contribution is 7.92. The maximum Gasteiger partial charge on any atom is 0.244 e. The molecule has 168 valence electrons. The van der Waals surface area contributed by atoms with Gasteiger partial charge in [0, 0.05) is 6.07 Å². The molecule has 0 saturated heterocycles. The van der Waals surface area contributed by atoms with Crippen molar-refractivity contribution in [2.45, 2.75) is 45.2 Å². The lowest BCUT2D eigenvalue weighted by molar-refractivity contribution is -0.122. The number of carbonyl (C=O) groups is 1. The van der Waals surface area contributed by atoms with Crippen LogP contribution in [0.3, 0.4) is 0 Å². The molecule has 0 aliphatic heterocycles. The molecule has 0 unspecified atom stereocenters. The van der Waals surface area contributed by atoms with Gasteiger partial charge in [0.1, 0.15) is 17.5 Å². The van der Waals surface area contributed by atoms with Gasteiger partial charge in [-0.05, 0) is 61.9 Å². The highest BCUT2D eigenvalue weighted by Crippen LogP contribution is 2.35. The first-order chi connectivity index (χ1) is 14.7. The van der Waals surface area contributed by atoms with Gasteiger partial charge >= 0.3 is 0 Å². The van der Waals surface area contributed by atoms with E-state index >= 15 is 0 Å².